The maximum atomic E-state index is 13.2. The van der Waals surface area contributed by atoms with E-state index in [1.807, 2.05) is 16.8 Å². The third-order valence-electron chi connectivity index (χ3n) is 6.04. The molecule has 8 heteroatoms. The van der Waals surface area contributed by atoms with E-state index >= 15 is 0 Å². The summed E-state index contributed by atoms with van der Waals surface area (Å²) in [6.07, 6.45) is 5.77. The maximum Gasteiger partial charge on any atom is 0.168 e. The Bertz CT molecular complexity index is 753. The van der Waals surface area contributed by atoms with Gasteiger partial charge in [0.15, 0.2) is 5.82 Å². The van der Waals surface area contributed by atoms with Crippen LogP contribution >= 0.6 is 0 Å². The van der Waals surface area contributed by atoms with Gasteiger partial charge in [-0.2, -0.15) is 0 Å². The quantitative estimate of drug-likeness (QED) is 0.676. The average molecular weight is 403 g/mol. The Kier molecular flexibility index (Phi) is 6.71. The second-order valence-corrected chi connectivity index (χ2v) is 8.01. The third kappa shape index (κ3) is 4.93. The number of benzene rings is 1. The van der Waals surface area contributed by atoms with Gasteiger partial charge in [-0.05, 0) is 54.0 Å². The monoisotopic (exact) mass is 402 g/mol. The molecule has 2 atom stereocenters. The van der Waals surface area contributed by atoms with E-state index in [0.717, 1.165) is 82.9 Å². The number of nitrogens with zero attached hydrogens (tertiary/aromatic N) is 6. The van der Waals surface area contributed by atoms with Gasteiger partial charge in [-0.15, -0.1) is 5.10 Å². The number of rotatable bonds is 8. The van der Waals surface area contributed by atoms with Crippen molar-refractivity contribution in [2.24, 2.45) is 0 Å². The fourth-order valence-electron chi connectivity index (χ4n) is 4.38. The summed E-state index contributed by atoms with van der Waals surface area (Å²) in [7, 11) is 0. The molecule has 158 valence electrons. The zero-order chi connectivity index (χ0) is 20.1. The molecule has 29 heavy (non-hydrogen) atoms. The summed E-state index contributed by atoms with van der Waals surface area (Å²) >= 11 is 0. The number of halogens is 1. The van der Waals surface area contributed by atoms with Crippen LogP contribution in [-0.4, -0.2) is 64.0 Å². The van der Waals surface area contributed by atoms with E-state index in [1.54, 1.807) is 0 Å². The summed E-state index contributed by atoms with van der Waals surface area (Å²) < 4.78 is 21.0. The molecule has 1 aromatic carbocycles. The molecule has 2 saturated heterocycles. The molecule has 0 aliphatic carbocycles. The highest BCUT2D eigenvalue weighted by Gasteiger charge is 2.30. The normalized spacial score (nSPS) is 21.6. The zero-order valence-electron chi connectivity index (χ0n) is 17.2. The first kappa shape index (κ1) is 20.2. The Labute approximate surface area is 171 Å². The van der Waals surface area contributed by atoms with Crippen LogP contribution < -0.4 is 4.90 Å². The Morgan fingerprint density at radius 2 is 1.97 bits per heavy atom. The molecule has 0 saturated carbocycles. The fourth-order valence-corrected chi connectivity index (χ4v) is 4.38. The lowest BCUT2D eigenvalue weighted by atomic mass is 10.1. The molecule has 2 aromatic rings. The van der Waals surface area contributed by atoms with E-state index in [0.29, 0.717) is 0 Å². The molecule has 4 rings (SSSR count). The van der Waals surface area contributed by atoms with Crippen molar-refractivity contribution >= 4 is 5.69 Å². The van der Waals surface area contributed by atoms with Gasteiger partial charge in [0.25, 0.3) is 0 Å². The number of unbranched alkanes of at least 4 members (excludes halogenated alkanes) is 1. The smallest absolute Gasteiger partial charge is 0.168 e. The first-order valence-electron chi connectivity index (χ1n) is 10.9. The van der Waals surface area contributed by atoms with Crippen molar-refractivity contribution in [2.45, 2.75) is 57.7 Å². The lowest BCUT2D eigenvalue weighted by molar-refractivity contribution is 0.0890. The van der Waals surface area contributed by atoms with E-state index in [1.165, 1.54) is 12.1 Å². The number of hydrogen-bond donors (Lipinski definition) is 0. The van der Waals surface area contributed by atoms with Crippen LogP contribution in [0.5, 0.6) is 0 Å². The summed E-state index contributed by atoms with van der Waals surface area (Å²) in [6.45, 7) is 7.52. The minimum atomic E-state index is -0.190. The van der Waals surface area contributed by atoms with Gasteiger partial charge in [0.1, 0.15) is 5.82 Å². The summed E-state index contributed by atoms with van der Waals surface area (Å²) in [5.41, 5.74) is 1.08. The van der Waals surface area contributed by atoms with Crippen LogP contribution in [0.15, 0.2) is 24.3 Å². The standard InChI is InChI=1S/C21H31FN6O/c1-2-3-6-20(21-23-24-25-28(21)16-19-5-4-15-29-19)27-13-11-26(12-14-27)18-9-7-17(22)8-10-18/h7-10,19-20H,2-6,11-16H2,1H3/t19-,20+/m1/s1. The number of anilines is 1. The van der Waals surface area contributed by atoms with Crippen molar-refractivity contribution in [1.29, 1.82) is 0 Å². The van der Waals surface area contributed by atoms with Gasteiger partial charge in [-0.25, -0.2) is 9.07 Å². The summed E-state index contributed by atoms with van der Waals surface area (Å²) in [4.78, 5) is 4.83. The molecule has 0 unspecified atom stereocenters. The van der Waals surface area contributed by atoms with Crippen LogP contribution in [0.4, 0.5) is 10.1 Å². The van der Waals surface area contributed by atoms with Crippen LogP contribution in [0.1, 0.15) is 50.9 Å². The van der Waals surface area contributed by atoms with Crippen molar-refractivity contribution in [3.8, 4) is 0 Å². The largest absolute Gasteiger partial charge is 0.376 e. The Hall–Kier alpha value is -2.06. The molecule has 7 nitrogen and oxygen atoms in total. The molecule has 0 spiro atoms. The highest BCUT2D eigenvalue weighted by molar-refractivity contribution is 5.46. The van der Waals surface area contributed by atoms with Crippen molar-refractivity contribution in [2.75, 3.05) is 37.7 Å². The minimum Gasteiger partial charge on any atom is -0.376 e. The Balaban J connectivity index is 1.44. The molecule has 3 heterocycles. The predicted molar refractivity (Wildman–Crippen MR) is 109 cm³/mol. The molecule has 0 N–H and O–H groups in total. The molecule has 2 aliphatic rings. The van der Waals surface area contributed by atoms with Crippen LogP contribution in [0.25, 0.3) is 0 Å². The van der Waals surface area contributed by atoms with E-state index in [9.17, 15) is 4.39 Å². The number of ether oxygens (including phenoxy) is 1. The summed E-state index contributed by atoms with van der Waals surface area (Å²) in [6, 6.07) is 7.01. The van der Waals surface area contributed by atoms with Crippen LogP contribution in [0, 0.1) is 5.82 Å². The average Bonchev–Trinajstić information content (AvgIpc) is 3.42. The molecule has 2 aliphatic heterocycles. The molecule has 2 fully saturated rings. The van der Waals surface area contributed by atoms with E-state index in [4.69, 9.17) is 4.74 Å². The topological polar surface area (TPSA) is 59.3 Å². The van der Waals surface area contributed by atoms with Crippen molar-refractivity contribution in [3.05, 3.63) is 35.9 Å². The predicted octanol–water partition coefficient (Wildman–Crippen LogP) is 3.04. The Morgan fingerprint density at radius 1 is 1.17 bits per heavy atom. The zero-order valence-corrected chi connectivity index (χ0v) is 17.2. The third-order valence-corrected chi connectivity index (χ3v) is 6.04. The maximum absolute atomic E-state index is 13.2. The Morgan fingerprint density at radius 3 is 2.66 bits per heavy atom. The van der Waals surface area contributed by atoms with Gasteiger partial charge < -0.3 is 9.64 Å². The van der Waals surface area contributed by atoms with Gasteiger partial charge in [0.05, 0.1) is 18.7 Å². The van der Waals surface area contributed by atoms with Gasteiger partial charge >= 0.3 is 0 Å². The van der Waals surface area contributed by atoms with Gasteiger partial charge in [-0.3, -0.25) is 4.90 Å². The number of hydrogen-bond acceptors (Lipinski definition) is 6. The van der Waals surface area contributed by atoms with E-state index < -0.39 is 0 Å². The van der Waals surface area contributed by atoms with Crippen LogP contribution in [-0.2, 0) is 11.3 Å². The summed E-state index contributed by atoms with van der Waals surface area (Å²) in [5, 5.41) is 12.7. The SMILES string of the molecule is CCCC[C@@H](c1nnnn1C[C@H]1CCCO1)N1CCN(c2ccc(F)cc2)CC1. The van der Waals surface area contributed by atoms with Crippen molar-refractivity contribution in [1.82, 2.24) is 25.1 Å². The minimum absolute atomic E-state index is 0.190. The van der Waals surface area contributed by atoms with Gasteiger partial charge in [0, 0.05) is 38.5 Å². The molecule has 0 radical (unpaired) electrons. The van der Waals surface area contributed by atoms with E-state index in [2.05, 4.69) is 32.2 Å². The van der Waals surface area contributed by atoms with Crippen molar-refractivity contribution < 1.29 is 9.13 Å². The second-order valence-electron chi connectivity index (χ2n) is 8.01. The highest BCUT2D eigenvalue weighted by atomic mass is 19.1. The molecular formula is C21H31FN6O. The fraction of sp³-hybridized carbons (Fsp3) is 0.667. The van der Waals surface area contributed by atoms with Crippen molar-refractivity contribution in [3.63, 3.8) is 0 Å². The van der Waals surface area contributed by atoms with E-state index in [-0.39, 0.29) is 18.0 Å². The lowest BCUT2D eigenvalue weighted by Crippen LogP contribution is -2.48. The molecule has 0 amide bonds. The van der Waals surface area contributed by atoms with Gasteiger partial charge in [-0.1, -0.05) is 19.8 Å². The van der Waals surface area contributed by atoms with Crippen LogP contribution in [0.3, 0.4) is 0 Å². The van der Waals surface area contributed by atoms with Crippen LogP contribution in [0.2, 0.25) is 0 Å². The summed E-state index contributed by atoms with van der Waals surface area (Å²) in [5.74, 6) is 0.772. The first-order valence-corrected chi connectivity index (χ1v) is 10.9. The molecular weight excluding hydrogens is 371 g/mol. The first-order chi connectivity index (χ1) is 14.2. The second kappa shape index (κ2) is 9.63. The molecule has 0 bridgehead atoms. The molecule has 1 aromatic heterocycles. The number of tetrazole rings is 1. The highest BCUT2D eigenvalue weighted by Crippen LogP contribution is 2.28. The van der Waals surface area contributed by atoms with Gasteiger partial charge in [0.2, 0.25) is 0 Å². The lowest BCUT2D eigenvalue weighted by Gasteiger charge is -2.39. The number of aromatic nitrogens is 4. The number of piperazine rings is 1.